The van der Waals surface area contributed by atoms with Crippen molar-refractivity contribution < 1.29 is 38.9 Å². The summed E-state index contributed by atoms with van der Waals surface area (Å²) in [6.45, 7) is 0.908. The number of aliphatic hydroxyl groups excluding tert-OH is 1. The minimum atomic E-state index is -1.67. The smallest absolute Gasteiger partial charge is 0.509 e. The first-order chi connectivity index (χ1) is 13.2. The van der Waals surface area contributed by atoms with Crippen LogP contribution in [0.4, 0.5) is 4.79 Å². The number of alkyl halides is 1. The predicted octanol–water partition coefficient (Wildman–Crippen LogP) is 0.787. The van der Waals surface area contributed by atoms with Gasteiger partial charge in [0.1, 0.15) is 23.8 Å². The van der Waals surface area contributed by atoms with Crippen molar-refractivity contribution in [1.82, 2.24) is 10.2 Å². The first kappa shape index (κ1) is 21.7. The van der Waals surface area contributed by atoms with E-state index in [0.29, 0.717) is 0 Å². The lowest BCUT2D eigenvalue weighted by Gasteiger charge is -2.49. The van der Waals surface area contributed by atoms with Crippen LogP contribution in [0, 0.1) is 4.91 Å². The number of allylic oxidation sites excluding steroid dienone is 1. The minimum absolute atomic E-state index is 0.165. The van der Waals surface area contributed by atoms with E-state index < -0.39 is 46.8 Å². The van der Waals surface area contributed by atoms with E-state index in [1.54, 1.807) is 0 Å². The average molecular weight is 480 g/mol. The van der Waals surface area contributed by atoms with Crippen LogP contribution >= 0.6 is 27.7 Å². The van der Waals surface area contributed by atoms with Crippen molar-refractivity contribution in [2.45, 2.75) is 18.3 Å². The van der Waals surface area contributed by atoms with Gasteiger partial charge < -0.3 is 25.0 Å². The molecule has 0 aromatic rings. The lowest BCUT2D eigenvalue weighted by Crippen LogP contribution is -2.70. The molecule has 2 rings (SSSR count). The van der Waals surface area contributed by atoms with Crippen LogP contribution in [-0.4, -0.2) is 68.2 Å². The molecule has 28 heavy (non-hydrogen) atoms. The van der Waals surface area contributed by atoms with Gasteiger partial charge in [0.2, 0.25) is 11.6 Å². The summed E-state index contributed by atoms with van der Waals surface area (Å²) in [6.07, 6.45) is -1.67. The fourth-order valence-electron chi connectivity index (χ4n) is 2.40. The van der Waals surface area contributed by atoms with Crippen LogP contribution in [0.25, 0.3) is 0 Å². The summed E-state index contributed by atoms with van der Waals surface area (Å²) in [5.41, 5.74) is -0.513. The van der Waals surface area contributed by atoms with Crippen molar-refractivity contribution in [3.63, 3.8) is 0 Å². The largest absolute Gasteiger partial charge is 0.512 e. The lowest BCUT2D eigenvalue weighted by atomic mass is 10.1. The third kappa shape index (κ3) is 4.44. The van der Waals surface area contributed by atoms with Crippen molar-refractivity contribution in [2.75, 3.05) is 17.7 Å². The Morgan fingerprint density at radius 3 is 2.61 bits per heavy atom. The number of ether oxygens (including phenoxy) is 2. The second kappa shape index (κ2) is 9.05. The van der Waals surface area contributed by atoms with Crippen LogP contribution in [0.2, 0.25) is 0 Å². The Kier molecular flexibility index (Phi) is 7.01. The van der Waals surface area contributed by atoms with Crippen LogP contribution in [0.3, 0.4) is 0 Å². The number of fused-ring (bicyclic) bond motifs is 1. The number of aliphatic hydroxyl groups is 1. The summed E-state index contributed by atoms with van der Waals surface area (Å²) in [5, 5.41) is 22.2. The van der Waals surface area contributed by atoms with Crippen LogP contribution < -0.4 is 5.32 Å². The zero-order valence-corrected chi connectivity index (χ0v) is 16.6. The monoisotopic (exact) mass is 479 g/mol. The number of thioether (sulfide) groups is 1. The maximum absolute atomic E-state index is 12.4. The summed E-state index contributed by atoms with van der Waals surface area (Å²) in [5.74, 6) is -3.09. The van der Waals surface area contributed by atoms with Gasteiger partial charge in [-0.15, -0.1) is 16.7 Å². The number of halogens is 1. The van der Waals surface area contributed by atoms with Gasteiger partial charge >= 0.3 is 12.1 Å². The molecular formula is C14H14BrN3O9S. The molecule has 2 aliphatic rings. The van der Waals surface area contributed by atoms with Gasteiger partial charge in [0.25, 0.3) is 11.8 Å². The van der Waals surface area contributed by atoms with E-state index in [9.17, 15) is 29.2 Å². The molecule has 152 valence electrons. The summed E-state index contributed by atoms with van der Waals surface area (Å²) in [4.78, 5) is 58.2. The van der Waals surface area contributed by atoms with E-state index in [1.807, 2.05) is 0 Å². The van der Waals surface area contributed by atoms with Crippen molar-refractivity contribution in [3.8, 4) is 0 Å². The minimum Gasteiger partial charge on any atom is -0.509 e. The predicted molar refractivity (Wildman–Crippen MR) is 97.0 cm³/mol. The highest BCUT2D eigenvalue weighted by Crippen LogP contribution is 2.40. The van der Waals surface area contributed by atoms with Crippen molar-refractivity contribution >= 4 is 51.6 Å². The third-order valence-corrected chi connectivity index (χ3v) is 5.49. The Labute approximate surface area is 170 Å². The van der Waals surface area contributed by atoms with Gasteiger partial charge in [0.15, 0.2) is 0 Å². The number of nitrogens with one attached hydrogen (secondary N) is 1. The SMILES string of the molecule is CC(=O)OCC1=C(OC(=O)O)N2C(=O)[C@@H](NC(=O)C(N=O)=C(O)CBr)[C@H]2SC1. The van der Waals surface area contributed by atoms with Gasteiger partial charge in [-0.1, -0.05) is 15.9 Å². The molecule has 2 heterocycles. The van der Waals surface area contributed by atoms with E-state index in [2.05, 4.69) is 31.2 Å². The fraction of sp³-hybridized carbons (Fsp3) is 0.429. The van der Waals surface area contributed by atoms with Gasteiger partial charge in [-0.3, -0.25) is 19.3 Å². The Morgan fingerprint density at radius 1 is 1.39 bits per heavy atom. The lowest BCUT2D eigenvalue weighted by molar-refractivity contribution is -0.148. The van der Waals surface area contributed by atoms with Crippen LogP contribution in [0.15, 0.2) is 28.1 Å². The molecule has 2 amide bonds. The number of rotatable bonds is 7. The molecule has 0 unspecified atom stereocenters. The maximum Gasteiger partial charge on any atom is 0.512 e. The molecule has 1 fully saturated rings. The van der Waals surface area contributed by atoms with Crippen molar-refractivity contribution in [3.05, 3.63) is 27.8 Å². The van der Waals surface area contributed by atoms with Crippen LogP contribution in [-0.2, 0) is 23.9 Å². The molecule has 3 N–H and O–H groups in total. The molecule has 1 saturated heterocycles. The third-order valence-electron chi connectivity index (χ3n) is 3.62. The Balaban J connectivity index is 2.20. The van der Waals surface area contributed by atoms with Crippen molar-refractivity contribution in [2.24, 2.45) is 5.18 Å². The first-order valence-corrected chi connectivity index (χ1v) is 9.71. The Bertz CT molecular complexity index is 797. The van der Waals surface area contributed by atoms with Crippen molar-refractivity contribution in [1.29, 1.82) is 0 Å². The molecule has 0 aliphatic carbocycles. The van der Waals surface area contributed by atoms with E-state index in [0.717, 1.165) is 16.7 Å². The second-order valence-electron chi connectivity index (χ2n) is 5.44. The quantitative estimate of drug-likeness (QED) is 0.118. The molecule has 0 radical (unpaired) electrons. The van der Waals surface area contributed by atoms with Gasteiger partial charge in [0, 0.05) is 18.2 Å². The highest BCUT2D eigenvalue weighted by atomic mass is 79.9. The van der Waals surface area contributed by atoms with Gasteiger partial charge in [0.05, 0.1) is 5.33 Å². The average Bonchev–Trinajstić information content (AvgIpc) is 2.64. The number of amides is 2. The number of hydrogen-bond donors (Lipinski definition) is 3. The number of β-lactam (4-membered cyclic amide) rings is 1. The van der Waals surface area contributed by atoms with Gasteiger partial charge in [-0.05, 0) is 5.18 Å². The molecule has 2 aliphatic heterocycles. The highest BCUT2D eigenvalue weighted by molar-refractivity contribution is 9.09. The zero-order valence-electron chi connectivity index (χ0n) is 14.2. The highest BCUT2D eigenvalue weighted by Gasteiger charge is 2.54. The number of nitrogens with zero attached hydrogens (tertiary/aromatic N) is 2. The summed E-state index contributed by atoms with van der Waals surface area (Å²) in [7, 11) is 0. The van der Waals surface area contributed by atoms with E-state index in [4.69, 9.17) is 9.84 Å². The topological polar surface area (TPSA) is 172 Å². The summed E-state index contributed by atoms with van der Waals surface area (Å²) < 4.78 is 9.51. The molecule has 0 bridgehead atoms. The number of carbonyl (C=O) groups excluding carboxylic acids is 3. The molecular weight excluding hydrogens is 466 g/mol. The molecule has 12 nitrogen and oxygen atoms in total. The molecule has 0 aromatic heterocycles. The number of carboxylic acid groups (broad SMARTS) is 1. The van der Waals surface area contributed by atoms with E-state index in [-0.39, 0.29) is 29.1 Å². The standard InChI is InChI=1S/C14H14BrN3O9S/c1-5(19)26-3-6-4-28-13-9(11(22)18(13)12(6)27-14(23)24)16-10(21)8(17-25)7(20)2-15/h9,13,20H,2-4H2,1H3,(H,16,21)(H,23,24)/t9-,13-/m1/s1. The number of nitroso groups, excluding NO2 is 1. The Hall–Kier alpha value is -2.61. The van der Waals surface area contributed by atoms with Gasteiger partial charge in [-0.2, -0.15) is 0 Å². The molecule has 2 atom stereocenters. The number of esters is 1. The molecule has 0 aromatic carbocycles. The second-order valence-corrected chi connectivity index (χ2v) is 7.10. The maximum atomic E-state index is 12.4. The zero-order chi connectivity index (χ0) is 21.0. The van der Waals surface area contributed by atoms with Gasteiger partial charge in [-0.25, -0.2) is 4.79 Å². The molecule has 0 saturated carbocycles. The number of hydrogen-bond acceptors (Lipinski definition) is 10. The molecule has 14 heteroatoms. The van der Waals surface area contributed by atoms with Crippen LogP contribution in [0.5, 0.6) is 0 Å². The van der Waals surface area contributed by atoms with Crippen LogP contribution in [0.1, 0.15) is 6.92 Å². The fourth-order valence-corrected chi connectivity index (χ4v) is 3.97. The summed E-state index contributed by atoms with van der Waals surface area (Å²) in [6, 6.07) is -1.10. The van der Waals surface area contributed by atoms with E-state index in [1.165, 1.54) is 6.92 Å². The summed E-state index contributed by atoms with van der Waals surface area (Å²) >= 11 is 4.03. The van der Waals surface area contributed by atoms with E-state index >= 15 is 0 Å². The first-order valence-electron chi connectivity index (χ1n) is 7.54. The number of carbonyl (C=O) groups is 4. The molecule has 0 spiro atoms. The Morgan fingerprint density at radius 2 is 2.07 bits per heavy atom. The normalized spacial score (nSPS) is 21.8.